The van der Waals surface area contributed by atoms with Gasteiger partial charge in [0.1, 0.15) is 0 Å². The summed E-state index contributed by atoms with van der Waals surface area (Å²) in [5, 5.41) is 2.88. The van der Waals surface area contributed by atoms with Gasteiger partial charge in [-0.05, 0) is 37.3 Å². The number of anilines is 1. The molecule has 3 aromatic rings. The summed E-state index contributed by atoms with van der Waals surface area (Å²) < 4.78 is 4.04. The van der Waals surface area contributed by atoms with Crippen molar-refractivity contribution >= 4 is 17.5 Å². The largest absolute Gasteiger partial charge is 0.348 e. The lowest BCUT2D eigenvalue weighted by Crippen LogP contribution is -2.40. The Hall–Kier alpha value is -3.35. The van der Waals surface area contributed by atoms with Crippen molar-refractivity contribution in [2.75, 3.05) is 11.9 Å². The first-order chi connectivity index (χ1) is 13.6. The minimum atomic E-state index is -0.0949. The molecule has 3 heterocycles. The quantitative estimate of drug-likeness (QED) is 0.743. The zero-order valence-corrected chi connectivity index (χ0v) is 15.8. The second-order valence-corrected chi connectivity index (χ2v) is 6.98. The minimum Gasteiger partial charge on any atom is -0.348 e. The van der Waals surface area contributed by atoms with Crippen molar-refractivity contribution in [2.24, 2.45) is 0 Å². The van der Waals surface area contributed by atoms with Gasteiger partial charge >= 0.3 is 0 Å². The lowest BCUT2D eigenvalue weighted by molar-refractivity contribution is -0.116. The molecule has 0 bridgehead atoms. The van der Waals surface area contributed by atoms with Gasteiger partial charge in [0.15, 0.2) is 0 Å². The summed E-state index contributed by atoms with van der Waals surface area (Å²) in [5.74, 6) is -0.114. The molecule has 7 nitrogen and oxygen atoms in total. The van der Waals surface area contributed by atoms with E-state index in [9.17, 15) is 9.59 Å². The van der Waals surface area contributed by atoms with E-state index in [4.69, 9.17) is 0 Å². The predicted octanol–water partition coefficient (Wildman–Crippen LogP) is 2.93. The molecule has 1 aliphatic rings. The molecule has 0 spiro atoms. The fourth-order valence-corrected chi connectivity index (χ4v) is 3.63. The monoisotopic (exact) mass is 377 g/mol. The van der Waals surface area contributed by atoms with E-state index < -0.39 is 0 Å². The minimum absolute atomic E-state index is 0.0182. The molecule has 1 N–H and O–H groups in total. The number of amides is 2. The van der Waals surface area contributed by atoms with Crippen LogP contribution in [-0.4, -0.2) is 37.4 Å². The highest BCUT2D eigenvalue weighted by molar-refractivity contribution is 5.97. The number of imidazole rings is 1. The van der Waals surface area contributed by atoms with Crippen LogP contribution in [0.4, 0.5) is 5.69 Å². The van der Waals surface area contributed by atoms with Gasteiger partial charge in [-0.15, -0.1) is 0 Å². The van der Waals surface area contributed by atoms with Crippen molar-refractivity contribution in [2.45, 2.75) is 32.5 Å². The third kappa shape index (κ3) is 3.69. The van der Waals surface area contributed by atoms with Crippen molar-refractivity contribution in [3.05, 3.63) is 72.6 Å². The Kier molecular flexibility index (Phi) is 4.97. The number of fused-ring (bicyclic) bond motifs is 1. The smallest absolute Gasteiger partial charge is 0.254 e. The number of nitrogens with zero attached hydrogens (tertiary/aromatic N) is 4. The molecule has 0 fully saturated rings. The Labute approximate surface area is 163 Å². The maximum absolute atomic E-state index is 13.1. The van der Waals surface area contributed by atoms with Crippen LogP contribution >= 0.6 is 0 Å². The highest BCUT2D eigenvalue weighted by Gasteiger charge is 2.28. The van der Waals surface area contributed by atoms with Crippen molar-refractivity contribution in [1.29, 1.82) is 0 Å². The van der Waals surface area contributed by atoms with Crippen LogP contribution in [0.15, 0.2) is 61.3 Å². The predicted molar refractivity (Wildman–Crippen MR) is 106 cm³/mol. The van der Waals surface area contributed by atoms with Gasteiger partial charge in [-0.2, -0.15) is 0 Å². The molecule has 2 aromatic heterocycles. The molecule has 0 radical (unpaired) electrons. The second-order valence-electron chi connectivity index (χ2n) is 6.98. The van der Waals surface area contributed by atoms with Gasteiger partial charge in [-0.25, -0.2) is 4.98 Å². The van der Waals surface area contributed by atoms with E-state index in [-0.39, 0.29) is 17.9 Å². The molecule has 28 heavy (non-hydrogen) atoms. The van der Waals surface area contributed by atoms with Crippen LogP contribution in [0.3, 0.4) is 0 Å². The van der Waals surface area contributed by atoms with Gasteiger partial charge in [0.05, 0.1) is 12.4 Å². The summed E-state index contributed by atoms with van der Waals surface area (Å²) >= 11 is 0. The number of aryl methyl sites for hydroxylation is 1. The number of benzene rings is 1. The van der Waals surface area contributed by atoms with E-state index in [1.807, 2.05) is 34.9 Å². The molecule has 1 aromatic carbocycles. The highest BCUT2D eigenvalue weighted by Crippen LogP contribution is 2.27. The van der Waals surface area contributed by atoms with E-state index in [1.54, 1.807) is 36.8 Å². The van der Waals surface area contributed by atoms with Crippen LogP contribution in [0.25, 0.3) is 0 Å². The summed E-state index contributed by atoms with van der Waals surface area (Å²) in [6.45, 7) is 4.08. The van der Waals surface area contributed by atoms with Crippen LogP contribution < -0.4 is 5.32 Å². The maximum Gasteiger partial charge on any atom is 0.254 e. The fraction of sp³-hybridized carbons (Fsp3) is 0.286. The Balaban J connectivity index is 1.42. The van der Waals surface area contributed by atoms with Crippen molar-refractivity contribution < 1.29 is 9.59 Å². The molecule has 144 valence electrons. The number of carbonyl (C=O) groups is 2. The van der Waals surface area contributed by atoms with E-state index in [2.05, 4.69) is 20.9 Å². The number of rotatable bonds is 5. The van der Waals surface area contributed by atoms with Crippen LogP contribution in [0.1, 0.15) is 35.4 Å². The topological polar surface area (TPSA) is 72.2 Å². The molecular formula is C21H23N5O2. The van der Waals surface area contributed by atoms with Crippen molar-refractivity contribution in [3.63, 3.8) is 0 Å². The van der Waals surface area contributed by atoms with Gasteiger partial charge in [0.25, 0.3) is 5.91 Å². The molecule has 7 heteroatoms. The molecule has 0 unspecified atom stereocenters. The first-order valence-corrected chi connectivity index (χ1v) is 9.43. The van der Waals surface area contributed by atoms with Crippen molar-refractivity contribution in [3.8, 4) is 0 Å². The average Bonchev–Trinajstić information content (AvgIpc) is 3.38. The van der Waals surface area contributed by atoms with Gasteiger partial charge in [-0.1, -0.05) is 6.07 Å². The number of hydrogen-bond acceptors (Lipinski definition) is 3. The molecular weight excluding hydrogens is 354 g/mol. The van der Waals surface area contributed by atoms with E-state index in [0.29, 0.717) is 30.8 Å². The number of hydrogen-bond donors (Lipinski definition) is 1. The van der Waals surface area contributed by atoms with Gasteiger partial charge in [0.2, 0.25) is 5.91 Å². The van der Waals surface area contributed by atoms with Crippen molar-refractivity contribution in [1.82, 2.24) is 19.0 Å². The number of aromatic nitrogens is 3. The molecule has 1 aliphatic heterocycles. The Morgan fingerprint density at radius 2 is 2.07 bits per heavy atom. The van der Waals surface area contributed by atoms with Crippen LogP contribution in [0.2, 0.25) is 0 Å². The summed E-state index contributed by atoms with van der Waals surface area (Å²) in [6, 6.07) is 11.2. The molecule has 1 atom stereocenters. The molecule has 4 rings (SSSR count). The van der Waals surface area contributed by atoms with Crippen LogP contribution in [0, 0.1) is 0 Å². The normalized spacial score (nSPS) is 15.9. The molecule has 0 saturated carbocycles. The highest BCUT2D eigenvalue weighted by atomic mass is 16.2. The van der Waals surface area contributed by atoms with Crippen LogP contribution in [0.5, 0.6) is 0 Å². The van der Waals surface area contributed by atoms with Crippen LogP contribution in [-0.2, 0) is 17.9 Å². The standard InChI is InChI=1S/C21H23N5O2/c1-16-19-6-3-9-25(19)12-13-26(16)21(28)17-4-2-5-18(14-17)23-20(27)7-10-24-11-8-22-15-24/h2-6,8-9,11,14-16H,7,10,12-13H2,1H3,(H,23,27)/t16-/m0/s1. The third-order valence-electron chi connectivity index (χ3n) is 5.15. The maximum atomic E-state index is 13.1. The summed E-state index contributed by atoms with van der Waals surface area (Å²) in [5.41, 5.74) is 2.36. The Morgan fingerprint density at radius 3 is 2.89 bits per heavy atom. The lowest BCUT2D eigenvalue weighted by Gasteiger charge is -2.35. The second kappa shape index (κ2) is 7.72. The van der Waals surface area contributed by atoms with Gasteiger partial charge in [0, 0.05) is 61.6 Å². The Morgan fingerprint density at radius 1 is 1.18 bits per heavy atom. The Bertz CT molecular complexity index is 976. The van der Waals surface area contributed by atoms with E-state index in [0.717, 1.165) is 12.2 Å². The van der Waals surface area contributed by atoms with E-state index >= 15 is 0 Å². The number of nitrogens with one attached hydrogen (secondary N) is 1. The van der Waals surface area contributed by atoms with Gasteiger partial charge in [-0.3, -0.25) is 9.59 Å². The summed E-state index contributed by atoms with van der Waals surface area (Å²) in [4.78, 5) is 31.1. The van der Waals surface area contributed by atoms with Gasteiger partial charge < -0.3 is 19.4 Å². The first-order valence-electron chi connectivity index (χ1n) is 9.43. The lowest BCUT2D eigenvalue weighted by atomic mass is 10.1. The zero-order chi connectivity index (χ0) is 19.5. The first kappa shape index (κ1) is 18.0. The zero-order valence-electron chi connectivity index (χ0n) is 15.8. The summed E-state index contributed by atoms with van der Waals surface area (Å²) in [6.07, 6.45) is 7.58. The number of carbonyl (C=O) groups excluding carboxylic acids is 2. The van der Waals surface area contributed by atoms with E-state index in [1.165, 1.54) is 0 Å². The SMILES string of the molecule is C[C@H]1c2cccn2CCN1C(=O)c1cccc(NC(=O)CCn2ccnc2)c1. The molecule has 2 amide bonds. The summed E-state index contributed by atoms with van der Waals surface area (Å²) in [7, 11) is 0. The average molecular weight is 377 g/mol. The fourth-order valence-electron chi connectivity index (χ4n) is 3.63. The molecule has 0 saturated heterocycles. The third-order valence-corrected chi connectivity index (χ3v) is 5.15. The molecule has 0 aliphatic carbocycles.